The monoisotopic (exact) mass is 377 g/mol. The third-order valence-electron chi connectivity index (χ3n) is 5.21. The van der Waals surface area contributed by atoms with Gasteiger partial charge in [0.15, 0.2) is 0 Å². The van der Waals surface area contributed by atoms with Crippen LogP contribution in [0.3, 0.4) is 0 Å². The number of carbonyl (C=O) groups excluding carboxylic acids is 1. The van der Waals surface area contributed by atoms with Crippen LogP contribution in [0, 0.1) is 17.2 Å². The Morgan fingerprint density at radius 1 is 1.00 bits per heavy atom. The van der Waals surface area contributed by atoms with E-state index in [0.717, 1.165) is 62.0 Å². The van der Waals surface area contributed by atoms with Gasteiger partial charge in [0.25, 0.3) is 0 Å². The number of esters is 1. The van der Waals surface area contributed by atoms with Gasteiger partial charge in [0.1, 0.15) is 11.9 Å². The first kappa shape index (κ1) is 19.9. The lowest BCUT2D eigenvalue weighted by Crippen LogP contribution is -2.24. The van der Waals surface area contributed by atoms with Gasteiger partial charge in [0, 0.05) is 5.92 Å². The lowest BCUT2D eigenvalue weighted by Gasteiger charge is -2.24. The van der Waals surface area contributed by atoms with E-state index in [2.05, 4.69) is 13.0 Å². The van der Waals surface area contributed by atoms with Crippen molar-refractivity contribution in [2.45, 2.75) is 51.6 Å². The highest BCUT2D eigenvalue weighted by molar-refractivity contribution is 5.90. The number of nitriles is 1. The minimum Gasteiger partial charge on any atom is -0.494 e. The van der Waals surface area contributed by atoms with Crippen LogP contribution in [0.1, 0.15) is 55.8 Å². The van der Waals surface area contributed by atoms with Crippen molar-refractivity contribution in [2.24, 2.45) is 5.92 Å². The molecule has 3 rings (SSSR count). The summed E-state index contributed by atoms with van der Waals surface area (Å²) < 4.78 is 11.3. The van der Waals surface area contributed by atoms with Gasteiger partial charge in [-0.2, -0.15) is 5.26 Å². The van der Waals surface area contributed by atoms with E-state index in [0.29, 0.717) is 5.56 Å². The Morgan fingerprint density at radius 2 is 1.61 bits per heavy atom. The third kappa shape index (κ3) is 5.36. The summed E-state index contributed by atoms with van der Waals surface area (Å²) in [7, 11) is 0. The molecule has 0 radical (unpaired) electrons. The van der Waals surface area contributed by atoms with E-state index in [9.17, 15) is 4.79 Å². The summed E-state index contributed by atoms with van der Waals surface area (Å²) in [6.45, 7) is 2.88. The molecular formula is C24H27NO3. The van der Waals surface area contributed by atoms with Crippen LogP contribution < -0.4 is 4.74 Å². The first-order chi connectivity index (χ1) is 13.7. The van der Waals surface area contributed by atoms with Gasteiger partial charge in [-0.25, -0.2) is 4.79 Å². The fraction of sp³-hybridized carbons (Fsp3) is 0.417. The maximum atomic E-state index is 12.4. The molecule has 28 heavy (non-hydrogen) atoms. The van der Waals surface area contributed by atoms with Crippen molar-refractivity contribution < 1.29 is 14.3 Å². The Kier molecular flexibility index (Phi) is 7.08. The van der Waals surface area contributed by atoms with Gasteiger partial charge in [0.05, 0.1) is 18.2 Å². The van der Waals surface area contributed by atoms with E-state index in [1.807, 2.05) is 48.5 Å². The quantitative estimate of drug-likeness (QED) is 0.454. The molecule has 2 aromatic rings. The molecule has 0 aromatic heterocycles. The van der Waals surface area contributed by atoms with Crippen molar-refractivity contribution >= 4 is 5.97 Å². The standard InChI is InChI=1S/C24H27NO3/c1-2-3-16-27-22-14-10-20(11-15-22)19-6-8-21(9-7-19)24(26)28-23-12-4-18(17-25)5-13-23/h6-11,14-15,18,23H,2-5,12-13,16H2,1H3. The first-order valence-corrected chi connectivity index (χ1v) is 10.1. The average molecular weight is 377 g/mol. The fourth-order valence-corrected chi connectivity index (χ4v) is 3.41. The highest BCUT2D eigenvalue weighted by Gasteiger charge is 2.24. The number of nitrogens with zero attached hydrogens (tertiary/aromatic N) is 1. The Bertz CT molecular complexity index is 797. The molecule has 0 bridgehead atoms. The van der Waals surface area contributed by atoms with Gasteiger partial charge in [-0.15, -0.1) is 0 Å². The van der Waals surface area contributed by atoms with Crippen molar-refractivity contribution in [1.29, 1.82) is 5.26 Å². The van der Waals surface area contributed by atoms with Crippen LogP contribution in [0.4, 0.5) is 0 Å². The lowest BCUT2D eigenvalue weighted by molar-refractivity contribution is 0.0187. The van der Waals surface area contributed by atoms with Gasteiger partial charge in [-0.1, -0.05) is 37.6 Å². The van der Waals surface area contributed by atoms with Crippen LogP contribution in [-0.2, 0) is 4.74 Å². The van der Waals surface area contributed by atoms with Crippen molar-refractivity contribution in [3.05, 3.63) is 54.1 Å². The molecule has 0 heterocycles. The number of unbranched alkanes of at least 4 members (excludes halogenated alkanes) is 1. The maximum absolute atomic E-state index is 12.4. The lowest BCUT2D eigenvalue weighted by atomic mass is 9.88. The predicted molar refractivity (Wildman–Crippen MR) is 109 cm³/mol. The first-order valence-electron chi connectivity index (χ1n) is 10.1. The highest BCUT2D eigenvalue weighted by atomic mass is 16.5. The second-order valence-corrected chi connectivity index (χ2v) is 7.31. The van der Waals surface area contributed by atoms with Gasteiger partial charge in [-0.05, 0) is 67.5 Å². The minimum absolute atomic E-state index is 0.0722. The van der Waals surface area contributed by atoms with E-state index in [1.165, 1.54) is 0 Å². The molecule has 1 aliphatic rings. The summed E-state index contributed by atoms with van der Waals surface area (Å²) in [6.07, 6.45) is 5.27. The van der Waals surface area contributed by atoms with Crippen molar-refractivity contribution in [3.8, 4) is 22.9 Å². The molecule has 0 saturated heterocycles. The molecule has 0 aliphatic heterocycles. The summed E-state index contributed by atoms with van der Waals surface area (Å²) in [4.78, 5) is 12.4. The van der Waals surface area contributed by atoms with Crippen LogP contribution in [0.5, 0.6) is 5.75 Å². The van der Waals surface area contributed by atoms with Crippen molar-refractivity contribution in [2.75, 3.05) is 6.61 Å². The zero-order valence-electron chi connectivity index (χ0n) is 16.4. The Hall–Kier alpha value is -2.80. The van der Waals surface area contributed by atoms with E-state index in [1.54, 1.807) is 0 Å². The van der Waals surface area contributed by atoms with Crippen molar-refractivity contribution in [1.82, 2.24) is 0 Å². The summed E-state index contributed by atoms with van der Waals surface area (Å²) in [5, 5.41) is 8.96. The predicted octanol–water partition coefficient (Wildman–Crippen LogP) is 5.77. The number of ether oxygens (including phenoxy) is 2. The van der Waals surface area contributed by atoms with Gasteiger partial charge in [0.2, 0.25) is 0 Å². The van der Waals surface area contributed by atoms with Gasteiger partial charge in [-0.3, -0.25) is 0 Å². The number of hydrogen-bond acceptors (Lipinski definition) is 4. The zero-order valence-corrected chi connectivity index (χ0v) is 16.4. The topological polar surface area (TPSA) is 59.3 Å². The molecule has 0 amide bonds. The fourth-order valence-electron chi connectivity index (χ4n) is 3.41. The van der Waals surface area contributed by atoms with Crippen LogP contribution >= 0.6 is 0 Å². The van der Waals surface area contributed by atoms with E-state index < -0.39 is 0 Å². The minimum atomic E-state index is -0.286. The average Bonchev–Trinajstić information content (AvgIpc) is 2.75. The number of rotatable bonds is 7. The number of carbonyl (C=O) groups is 1. The normalized spacial score (nSPS) is 18.9. The summed E-state index contributed by atoms with van der Waals surface area (Å²) in [5.41, 5.74) is 2.69. The molecule has 0 unspecified atom stereocenters. The van der Waals surface area contributed by atoms with E-state index in [-0.39, 0.29) is 18.0 Å². The van der Waals surface area contributed by atoms with Gasteiger partial charge >= 0.3 is 5.97 Å². The van der Waals surface area contributed by atoms with E-state index in [4.69, 9.17) is 14.7 Å². The van der Waals surface area contributed by atoms with Crippen molar-refractivity contribution in [3.63, 3.8) is 0 Å². The largest absolute Gasteiger partial charge is 0.494 e. The highest BCUT2D eigenvalue weighted by Crippen LogP contribution is 2.27. The Balaban J connectivity index is 1.55. The summed E-state index contributed by atoms with van der Waals surface area (Å²) in [5.74, 6) is 0.702. The molecule has 0 N–H and O–H groups in total. The molecule has 0 spiro atoms. The van der Waals surface area contributed by atoms with E-state index >= 15 is 0 Å². The van der Waals surface area contributed by atoms with Crippen LogP contribution in [0.2, 0.25) is 0 Å². The molecule has 4 nitrogen and oxygen atoms in total. The zero-order chi connectivity index (χ0) is 19.8. The van der Waals surface area contributed by atoms with Crippen LogP contribution in [-0.4, -0.2) is 18.7 Å². The number of benzene rings is 2. The molecule has 146 valence electrons. The Labute approximate surface area is 167 Å². The second-order valence-electron chi connectivity index (χ2n) is 7.31. The van der Waals surface area contributed by atoms with Crippen LogP contribution in [0.25, 0.3) is 11.1 Å². The smallest absolute Gasteiger partial charge is 0.338 e. The second kappa shape index (κ2) is 9.94. The molecule has 4 heteroatoms. The molecule has 1 fully saturated rings. The maximum Gasteiger partial charge on any atom is 0.338 e. The third-order valence-corrected chi connectivity index (χ3v) is 5.21. The Morgan fingerprint density at radius 3 is 2.18 bits per heavy atom. The summed E-state index contributed by atoms with van der Waals surface area (Å²) in [6, 6.07) is 17.8. The molecule has 2 aromatic carbocycles. The molecular weight excluding hydrogens is 350 g/mol. The SMILES string of the molecule is CCCCOc1ccc(-c2ccc(C(=O)OC3CCC(C#N)CC3)cc2)cc1. The summed E-state index contributed by atoms with van der Waals surface area (Å²) >= 11 is 0. The van der Waals surface area contributed by atoms with Crippen LogP contribution in [0.15, 0.2) is 48.5 Å². The molecule has 1 aliphatic carbocycles. The van der Waals surface area contributed by atoms with Gasteiger partial charge < -0.3 is 9.47 Å². The molecule has 0 atom stereocenters. The molecule has 1 saturated carbocycles. The number of hydrogen-bond donors (Lipinski definition) is 0.